The molecule has 3 unspecified atom stereocenters. The van der Waals surface area contributed by atoms with E-state index in [4.69, 9.17) is 27.9 Å². The maximum absolute atomic E-state index is 11.8. The molecule has 0 aliphatic carbocycles. The van der Waals surface area contributed by atoms with E-state index in [1.807, 2.05) is 0 Å². The Balaban J connectivity index is 1.82. The quantitative estimate of drug-likeness (QED) is 0.534. The number of hydrogen-bond donors (Lipinski definition) is 2. The first-order chi connectivity index (χ1) is 11.6. The molecule has 14 heteroatoms. The van der Waals surface area contributed by atoms with Gasteiger partial charge in [-0.25, -0.2) is 5.14 Å². The van der Waals surface area contributed by atoms with E-state index in [1.54, 1.807) is 27.7 Å². The summed E-state index contributed by atoms with van der Waals surface area (Å²) in [5, 5.41) is 4.66. The molecule has 26 heavy (non-hydrogen) atoms. The van der Waals surface area contributed by atoms with Gasteiger partial charge in [-0.15, -0.1) is 0 Å². The zero-order valence-electron chi connectivity index (χ0n) is 14.6. The predicted octanol–water partition coefficient (Wildman–Crippen LogP) is -1.56. The van der Waals surface area contributed by atoms with Crippen LogP contribution in [0.3, 0.4) is 0 Å². The summed E-state index contributed by atoms with van der Waals surface area (Å²) >= 11 is 0. The minimum absolute atomic E-state index is 0.0378. The highest BCUT2D eigenvalue weighted by Gasteiger charge is 2.65. The lowest BCUT2D eigenvalue weighted by atomic mass is 9.98. The van der Waals surface area contributed by atoms with Crippen molar-refractivity contribution in [1.82, 2.24) is 4.13 Å². The van der Waals surface area contributed by atoms with Gasteiger partial charge >= 0.3 is 10.3 Å². The molecule has 0 saturated carbocycles. The molecule has 3 saturated heterocycles. The first-order valence-corrected chi connectivity index (χ1v) is 10.7. The third-order valence-electron chi connectivity index (χ3n) is 3.91. The Bertz CT molecular complexity index is 780. The fourth-order valence-electron chi connectivity index (χ4n) is 3.27. The van der Waals surface area contributed by atoms with Crippen LogP contribution in [0.5, 0.6) is 0 Å². The predicted molar refractivity (Wildman–Crippen MR) is 83.7 cm³/mol. The summed E-state index contributed by atoms with van der Waals surface area (Å²) in [6, 6.07) is 0. The van der Waals surface area contributed by atoms with E-state index in [0.29, 0.717) is 0 Å². The third-order valence-corrected chi connectivity index (χ3v) is 6.08. The van der Waals surface area contributed by atoms with Crippen LogP contribution in [0.2, 0.25) is 0 Å². The highest BCUT2D eigenvalue weighted by atomic mass is 32.3. The Morgan fingerprint density at radius 1 is 1.08 bits per heavy atom. The second-order valence-corrected chi connectivity index (χ2v) is 10.0. The standard InChI is InChI=1S/C12H22N2O10S2/c1-10(2)21-7-5-19-12(6-20-26(17,18)14-25(13,15)16)9(8(7)22-10)23-11(3,4)24-12/h7-9,14H,5-6H2,1-4H3,(H2,13,15,16)/t7?,8?,9?,12-/m0/s1. The van der Waals surface area contributed by atoms with Gasteiger partial charge < -0.3 is 23.7 Å². The zero-order valence-corrected chi connectivity index (χ0v) is 16.3. The molecule has 0 radical (unpaired) electrons. The highest BCUT2D eigenvalue weighted by molar-refractivity contribution is 8.01. The second kappa shape index (κ2) is 6.04. The Kier molecular flexibility index (Phi) is 4.72. The first kappa shape index (κ1) is 20.3. The maximum Gasteiger partial charge on any atom is 0.350 e. The van der Waals surface area contributed by atoms with E-state index in [9.17, 15) is 16.8 Å². The van der Waals surface area contributed by atoms with Gasteiger partial charge in [0.15, 0.2) is 11.6 Å². The molecule has 0 spiro atoms. The molecule has 0 aromatic rings. The molecule has 3 aliphatic rings. The zero-order chi connectivity index (χ0) is 19.6. The Morgan fingerprint density at radius 2 is 1.73 bits per heavy atom. The number of nitrogens with one attached hydrogen (secondary N) is 1. The smallest absolute Gasteiger partial charge is 0.343 e. The van der Waals surface area contributed by atoms with E-state index in [-0.39, 0.29) is 6.61 Å². The molecule has 4 atom stereocenters. The number of rotatable bonds is 5. The summed E-state index contributed by atoms with van der Waals surface area (Å²) < 4.78 is 80.2. The molecule has 3 aliphatic heterocycles. The Hall–Kier alpha value is -0.420. The molecular formula is C12H22N2O10S2. The van der Waals surface area contributed by atoms with Crippen molar-refractivity contribution in [3.05, 3.63) is 0 Å². The van der Waals surface area contributed by atoms with Gasteiger partial charge in [0.25, 0.3) is 10.2 Å². The number of hydrogen-bond acceptors (Lipinski definition) is 10. The van der Waals surface area contributed by atoms with Crippen LogP contribution in [-0.2, 0) is 48.4 Å². The molecule has 0 bridgehead atoms. The average Bonchev–Trinajstić information content (AvgIpc) is 2.86. The van der Waals surface area contributed by atoms with Crippen molar-refractivity contribution in [3.63, 3.8) is 0 Å². The van der Waals surface area contributed by atoms with Crippen LogP contribution in [0, 0.1) is 0 Å². The van der Waals surface area contributed by atoms with Gasteiger partial charge in [-0.2, -0.15) is 16.8 Å². The van der Waals surface area contributed by atoms with Crippen molar-refractivity contribution in [2.75, 3.05) is 13.2 Å². The van der Waals surface area contributed by atoms with E-state index in [0.717, 1.165) is 0 Å². The van der Waals surface area contributed by atoms with Crippen LogP contribution in [0.4, 0.5) is 0 Å². The molecule has 3 heterocycles. The van der Waals surface area contributed by atoms with Gasteiger partial charge in [0.2, 0.25) is 5.79 Å². The lowest BCUT2D eigenvalue weighted by molar-refractivity contribution is -0.290. The topological polar surface area (TPSA) is 162 Å². The second-order valence-electron chi connectivity index (χ2n) is 7.15. The van der Waals surface area contributed by atoms with Crippen LogP contribution >= 0.6 is 0 Å². The van der Waals surface area contributed by atoms with Crippen molar-refractivity contribution >= 4 is 20.5 Å². The van der Waals surface area contributed by atoms with Crippen LogP contribution in [0.25, 0.3) is 0 Å². The largest absolute Gasteiger partial charge is 0.350 e. The molecule has 0 aromatic carbocycles. The van der Waals surface area contributed by atoms with Crippen molar-refractivity contribution in [3.8, 4) is 0 Å². The van der Waals surface area contributed by atoms with Gasteiger partial charge in [-0.05, 0) is 27.7 Å². The maximum atomic E-state index is 11.8. The Labute approximate surface area is 151 Å². The number of ether oxygens (including phenoxy) is 5. The van der Waals surface area contributed by atoms with Gasteiger partial charge in [-0.3, -0.25) is 4.18 Å². The molecule has 3 fully saturated rings. The first-order valence-electron chi connectivity index (χ1n) is 7.70. The monoisotopic (exact) mass is 418 g/mol. The van der Waals surface area contributed by atoms with E-state index < -0.39 is 62.8 Å². The summed E-state index contributed by atoms with van der Waals surface area (Å²) in [7, 11) is -9.25. The van der Waals surface area contributed by atoms with E-state index >= 15 is 0 Å². The fraction of sp³-hybridized carbons (Fsp3) is 1.00. The molecule has 0 amide bonds. The summed E-state index contributed by atoms with van der Waals surface area (Å²) in [6.07, 6.45) is -1.92. The summed E-state index contributed by atoms with van der Waals surface area (Å²) in [6.45, 7) is 6.04. The lowest BCUT2D eigenvalue weighted by Crippen LogP contribution is -2.61. The molecule has 3 rings (SSSR count). The SMILES string of the molecule is CC1(C)OC2CO[C@@]3(COS(=O)(=O)NS(N)(=O)=O)OC(C)(C)OC3C2O1. The van der Waals surface area contributed by atoms with Crippen LogP contribution in [0.15, 0.2) is 0 Å². The summed E-state index contributed by atoms with van der Waals surface area (Å²) in [5.74, 6) is -3.65. The van der Waals surface area contributed by atoms with E-state index in [2.05, 4.69) is 5.14 Å². The fourth-order valence-corrected chi connectivity index (χ4v) is 4.92. The summed E-state index contributed by atoms with van der Waals surface area (Å²) in [5.41, 5.74) is 0. The minimum Gasteiger partial charge on any atom is -0.343 e. The van der Waals surface area contributed by atoms with Crippen molar-refractivity contribution in [2.45, 2.75) is 63.4 Å². The van der Waals surface area contributed by atoms with Gasteiger partial charge in [0.05, 0.1) is 6.61 Å². The van der Waals surface area contributed by atoms with Crippen LogP contribution in [-0.4, -0.2) is 65.7 Å². The third kappa shape index (κ3) is 4.19. The Morgan fingerprint density at radius 3 is 2.35 bits per heavy atom. The summed E-state index contributed by atoms with van der Waals surface area (Å²) in [4.78, 5) is 0. The lowest BCUT2D eigenvalue weighted by Gasteiger charge is -2.40. The number of nitrogens with two attached hydrogens (primary N) is 1. The molecule has 12 nitrogen and oxygen atoms in total. The van der Waals surface area contributed by atoms with Crippen molar-refractivity contribution < 1.29 is 44.7 Å². The molecule has 0 aromatic heterocycles. The molecule has 152 valence electrons. The van der Waals surface area contributed by atoms with Crippen LogP contribution in [0.1, 0.15) is 27.7 Å². The molecular weight excluding hydrogens is 396 g/mol. The van der Waals surface area contributed by atoms with Crippen LogP contribution < -0.4 is 9.27 Å². The normalized spacial score (nSPS) is 38.7. The van der Waals surface area contributed by atoms with Crippen molar-refractivity contribution in [1.29, 1.82) is 0 Å². The van der Waals surface area contributed by atoms with Gasteiger partial charge in [0, 0.05) is 0 Å². The van der Waals surface area contributed by atoms with E-state index in [1.165, 1.54) is 4.13 Å². The molecule has 3 N–H and O–H groups in total. The highest BCUT2D eigenvalue weighted by Crippen LogP contribution is 2.47. The van der Waals surface area contributed by atoms with Gasteiger partial charge in [0.1, 0.15) is 24.9 Å². The van der Waals surface area contributed by atoms with Gasteiger partial charge in [-0.1, -0.05) is 4.13 Å². The minimum atomic E-state index is -4.72. The number of fused-ring (bicyclic) bond motifs is 3. The van der Waals surface area contributed by atoms with Crippen molar-refractivity contribution in [2.24, 2.45) is 5.14 Å². The average molecular weight is 418 g/mol.